The molecule has 0 unspecified atom stereocenters. The molecule has 1 fully saturated rings. The van der Waals surface area contributed by atoms with Crippen molar-refractivity contribution in [2.45, 2.75) is 46.0 Å². The van der Waals surface area contributed by atoms with Crippen LogP contribution in [0, 0.1) is 12.8 Å². The van der Waals surface area contributed by atoms with Crippen molar-refractivity contribution in [2.24, 2.45) is 5.92 Å². The van der Waals surface area contributed by atoms with Gasteiger partial charge in [0.05, 0.1) is 5.92 Å². The normalized spacial score (nSPS) is 18.2. The molecular weight excluding hydrogens is 302 g/mol. The van der Waals surface area contributed by atoms with Crippen molar-refractivity contribution >= 4 is 5.91 Å². The summed E-state index contributed by atoms with van der Waals surface area (Å²) in [5, 5.41) is 4.13. The van der Waals surface area contributed by atoms with Gasteiger partial charge in [0, 0.05) is 25.1 Å². The third kappa shape index (κ3) is 3.83. The van der Waals surface area contributed by atoms with Crippen LogP contribution < -0.4 is 0 Å². The van der Waals surface area contributed by atoms with Gasteiger partial charge in [0.2, 0.25) is 17.6 Å². The predicted molar refractivity (Wildman–Crippen MR) is 92.5 cm³/mol. The number of nitrogens with zero attached hydrogens (tertiary/aromatic N) is 3. The largest absolute Gasteiger partial charge is 0.342 e. The van der Waals surface area contributed by atoms with Gasteiger partial charge in [-0.25, -0.2) is 0 Å². The van der Waals surface area contributed by atoms with E-state index in [9.17, 15) is 4.79 Å². The first-order valence-corrected chi connectivity index (χ1v) is 8.71. The first-order valence-electron chi connectivity index (χ1n) is 8.71. The molecule has 128 valence electrons. The lowest BCUT2D eigenvalue weighted by Crippen LogP contribution is -2.39. The third-order valence-corrected chi connectivity index (χ3v) is 4.42. The SMILES string of the molecule is Cc1cccc(-c2noc([C@H]3CCCN(C(=O)CC(C)C)C3)n2)c1. The fraction of sp³-hybridized carbons (Fsp3) is 0.526. The summed E-state index contributed by atoms with van der Waals surface area (Å²) in [6.07, 6.45) is 2.57. The Morgan fingerprint density at radius 3 is 3.00 bits per heavy atom. The average Bonchev–Trinajstić information content (AvgIpc) is 3.04. The Labute approximate surface area is 143 Å². The fourth-order valence-electron chi connectivity index (χ4n) is 3.19. The molecule has 0 N–H and O–H groups in total. The molecule has 0 saturated carbocycles. The molecule has 5 heteroatoms. The highest BCUT2D eigenvalue weighted by Crippen LogP contribution is 2.28. The van der Waals surface area contributed by atoms with Gasteiger partial charge in [-0.3, -0.25) is 4.79 Å². The molecule has 5 nitrogen and oxygen atoms in total. The van der Waals surface area contributed by atoms with Crippen molar-refractivity contribution in [3.63, 3.8) is 0 Å². The van der Waals surface area contributed by atoms with Crippen LogP contribution >= 0.6 is 0 Å². The summed E-state index contributed by atoms with van der Waals surface area (Å²) < 4.78 is 5.51. The van der Waals surface area contributed by atoms with Gasteiger partial charge in [-0.1, -0.05) is 42.8 Å². The summed E-state index contributed by atoms with van der Waals surface area (Å²) in [6, 6.07) is 8.08. The Kier molecular flexibility index (Phi) is 4.97. The first-order chi connectivity index (χ1) is 11.5. The lowest BCUT2D eigenvalue weighted by atomic mass is 9.97. The molecule has 2 aromatic rings. The molecule has 0 bridgehead atoms. The van der Waals surface area contributed by atoms with Crippen LogP contribution in [0.25, 0.3) is 11.4 Å². The predicted octanol–water partition coefficient (Wildman–Crippen LogP) is 3.80. The van der Waals surface area contributed by atoms with Gasteiger partial charge in [0.1, 0.15) is 0 Å². The molecule has 0 aliphatic carbocycles. The quantitative estimate of drug-likeness (QED) is 0.857. The number of aromatic nitrogens is 2. The van der Waals surface area contributed by atoms with Crippen LogP contribution in [-0.2, 0) is 4.79 Å². The van der Waals surface area contributed by atoms with Crippen molar-refractivity contribution in [3.8, 4) is 11.4 Å². The molecule has 1 aliphatic rings. The molecular formula is C19H25N3O2. The summed E-state index contributed by atoms with van der Waals surface area (Å²) in [4.78, 5) is 18.8. The van der Waals surface area contributed by atoms with Crippen LogP contribution in [0.5, 0.6) is 0 Å². The molecule has 0 radical (unpaired) electrons. The van der Waals surface area contributed by atoms with Crippen LogP contribution in [0.15, 0.2) is 28.8 Å². The van der Waals surface area contributed by atoms with Crippen LogP contribution in [0.4, 0.5) is 0 Å². The van der Waals surface area contributed by atoms with E-state index in [1.54, 1.807) is 0 Å². The van der Waals surface area contributed by atoms with Gasteiger partial charge in [0.25, 0.3) is 0 Å². The minimum Gasteiger partial charge on any atom is -0.342 e. The Balaban J connectivity index is 1.71. The zero-order valence-corrected chi connectivity index (χ0v) is 14.7. The highest BCUT2D eigenvalue weighted by atomic mass is 16.5. The number of piperidine rings is 1. The summed E-state index contributed by atoms with van der Waals surface area (Å²) in [5.74, 6) is 2.02. The van der Waals surface area contributed by atoms with E-state index >= 15 is 0 Å². The van der Waals surface area contributed by atoms with E-state index in [0.29, 0.717) is 30.6 Å². The van der Waals surface area contributed by atoms with Gasteiger partial charge >= 0.3 is 0 Å². The molecule has 24 heavy (non-hydrogen) atoms. The number of amides is 1. The Bertz CT molecular complexity index is 708. The number of carbonyl (C=O) groups is 1. The molecule has 1 aliphatic heterocycles. The van der Waals surface area contributed by atoms with Gasteiger partial charge in [-0.2, -0.15) is 4.98 Å². The summed E-state index contributed by atoms with van der Waals surface area (Å²) in [6.45, 7) is 7.71. The number of hydrogen-bond donors (Lipinski definition) is 0. The van der Waals surface area contributed by atoms with E-state index in [0.717, 1.165) is 24.9 Å². The second-order valence-electron chi connectivity index (χ2n) is 7.10. The van der Waals surface area contributed by atoms with Crippen molar-refractivity contribution in [1.29, 1.82) is 0 Å². The molecule has 3 rings (SSSR count). The van der Waals surface area contributed by atoms with Gasteiger partial charge in [-0.15, -0.1) is 0 Å². The molecule has 1 aromatic heterocycles. The summed E-state index contributed by atoms with van der Waals surface area (Å²) in [7, 11) is 0. The maximum Gasteiger partial charge on any atom is 0.231 e. The molecule has 1 saturated heterocycles. The van der Waals surface area contributed by atoms with Crippen molar-refractivity contribution < 1.29 is 9.32 Å². The highest BCUT2D eigenvalue weighted by molar-refractivity contribution is 5.76. The molecule has 2 heterocycles. The molecule has 1 amide bonds. The smallest absolute Gasteiger partial charge is 0.231 e. The Morgan fingerprint density at radius 2 is 2.25 bits per heavy atom. The zero-order valence-electron chi connectivity index (χ0n) is 14.7. The number of aryl methyl sites for hydroxylation is 1. The second kappa shape index (κ2) is 7.16. The lowest BCUT2D eigenvalue weighted by Gasteiger charge is -2.31. The average molecular weight is 327 g/mol. The minimum atomic E-state index is 0.140. The number of carbonyl (C=O) groups excluding carboxylic acids is 1. The van der Waals surface area contributed by atoms with Gasteiger partial charge in [0.15, 0.2) is 0 Å². The standard InChI is InChI=1S/C19H25N3O2/c1-13(2)10-17(23)22-9-5-8-16(12-22)19-20-18(21-24-19)15-7-4-6-14(3)11-15/h4,6-7,11,13,16H,5,8-10,12H2,1-3H3/t16-/m0/s1. The van der Waals surface area contributed by atoms with Crippen molar-refractivity contribution in [3.05, 3.63) is 35.7 Å². The van der Waals surface area contributed by atoms with Crippen LogP contribution in [0.2, 0.25) is 0 Å². The number of rotatable bonds is 4. The maximum absolute atomic E-state index is 12.3. The fourth-order valence-corrected chi connectivity index (χ4v) is 3.19. The number of hydrogen-bond acceptors (Lipinski definition) is 4. The van der Waals surface area contributed by atoms with Crippen molar-refractivity contribution in [2.75, 3.05) is 13.1 Å². The minimum absolute atomic E-state index is 0.140. The zero-order chi connectivity index (χ0) is 17.1. The van der Waals surface area contributed by atoms with E-state index in [2.05, 4.69) is 24.0 Å². The van der Waals surface area contributed by atoms with Crippen molar-refractivity contribution in [1.82, 2.24) is 15.0 Å². The molecule has 1 aromatic carbocycles. The van der Waals surface area contributed by atoms with Gasteiger partial charge in [-0.05, 0) is 31.7 Å². The van der Waals surface area contributed by atoms with Crippen LogP contribution in [-0.4, -0.2) is 34.0 Å². The maximum atomic E-state index is 12.3. The second-order valence-corrected chi connectivity index (χ2v) is 7.10. The Morgan fingerprint density at radius 1 is 1.42 bits per heavy atom. The third-order valence-electron chi connectivity index (χ3n) is 4.42. The first kappa shape index (κ1) is 16.7. The topological polar surface area (TPSA) is 59.2 Å². The summed E-state index contributed by atoms with van der Waals surface area (Å²) >= 11 is 0. The highest BCUT2D eigenvalue weighted by Gasteiger charge is 2.28. The number of benzene rings is 1. The molecule has 1 atom stereocenters. The lowest BCUT2D eigenvalue weighted by molar-refractivity contribution is -0.133. The molecule has 0 spiro atoms. The van der Waals surface area contributed by atoms with E-state index in [1.165, 1.54) is 5.56 Å². The monoisotopic (exact) mass is 327 g/mol. The van der Waals surface area contributed by atoms with Gasteiger partial charge < -0.3 is 9.42 Å². The van der Waals surface area contributed by atoms with Crippen LogP contribution in [0.3, 0.4) is 0 Å². The Hall–Kier alpha value is -2.17. The number of likely N-dealkylation sites (tertiary alicyclic amines) is 1. The van der Waals surface area contributed by atoms with E-state index < -0.39 is 0 Å². The summed E-state index contributed by atoms with van der Waals surface area (Å²) in [5.41, 5.74) is 2.13. The van der Waals surface area contributed by atoms with E-state index in [-0.39, 0.29) is 11.8 Å². The van der Waals surface area contributed by atoms with Crippen LogP contribution in [0.1, 0.15) is 50.5 Å². The van der Waals surface area contributed by atoms with E-state index in [4.69, 9.17) is 4.52 Å². The van der Waals surface area contributed by atoms with E-state index in [1.807, 2.05) is 36.1 Å².